The highest BCUT2D eigenvalue weighted by atomic mass is 16.3. The van der Waals surface area contributed by atoms with E-state index in [1.165, 1.54) is 21.7 Å². The molecule has 0 spiro atoms. The molecule has 0 bridgehead atoms. The van der Waals surface area contributed by atoms with Gasteiger partial charge in [0, 0.05) is 16.5 Å². The Kier molecular flexibility index (Phi) is 3.04. The van der Waals surface area contributed by atoms with Crippen LogP contribution in [-0.4, -0.2) is 0 Å². The third-order valence-electron chi connectivity index (χ3n) is 4.67. The number of rotatable bonds is 2. The number of aryl methyl sites for hydroxylation is 1. The van der Waals surface area contributed by atoms with Gasteiger partial charge in [-0.1, -0.05) is 54.6 Å². The van der Waals surface area contributed by atoms with E-state index in [0.717, 1.165) is 27.9 Å². The first-order valence-corrected chi connectivity index (χ1v) is 8.46. The zero-order chi connectivity index (χ0) is 16.8. The van der Waals surface area contributed by atoms with Crippen LogP contribution in [0.15, 0.2) is 83.3 Å². The van der Waals surface area contributed by atoms with Gasteiger partial charge in [-0.25, -0.2) is 0 Å². The zero-order valence-electron chi connectivity index (χ0n) is 13.9. The minimum absolute atomic E-state index is 0.904. The van der Waals surface area contributed by atoms with E-state index in [9.17, 15) is 0 Å². The number of benzene rings is 4. The summed E-state index contributed by atoms with van der Waals surface area (Å²) < 4.78 is 6.23. The Labute approximate surface area is 145 Å². The van der Waals surface area contributed by atoms with E-state index < -0.39 is 0 Å². The fraction of sp³-hybridized carbons (Fsp3) is 0.0435. The molecule has 0 aliphatic carbocycles. The van der Waals surface area contributed by atoms with Gasteiger partial charge in [0.15, 0.2) is 5.58 Å². The molecule has 5 aromatic rings. The zero-order valence-corrected chi connectivity index (χ0v) is 13.9. The van der Waals surface area contributed by atoms with Gasteiger partial charge in [0.25, 0.3) is 0 Å². The quantitative estimate of drug-likeness (QED) is 0.387. The van der Waals surface area contributed by atoms with Crippen LogP contribution in [0.3, 0.4) is 0 Å². The number of para-hydroxylation sites is 1. The normalized spacial score (nSPS) is 11.4. The molecule has 0 unspecified atom stereocenters. The van der Waals surface area contributed by atoms with Crippen LogP contribution in [0.25, 0.3) is 32.7 Å². The molecular formula is C23H17NO. The molecule has 1 heterocycles. The minimum atomic E-state index is 0.904. The molecule has 0 saturated heterocycles. The second-order valence-electron chi connectivity index (χ2n) is 6.44. The molecule has 1 N–H and O–H groups in total. The van der Waals surface area contributed by atoms with E-state index in [4.69, 9.17) is 4.42 Å². The average molecular weight is 323 g/mol. The fourth-order valence-corrected chi connectivity index (χ4v) is 3.55. The van der Waals surface area contributed by atoms with Gasteiger partial charge in [-0.15, -0.1) is 0 Å². The van der Waals surface area contributed by atoms with Crippen molar-refractivity contribution in [3.8, 4) is 0 Å². The maximum Gasteiger partial charge on any atom is 0.159 e. The lowest BCUT2D eigenvalue weighted by Gasteiger charge is -2.10. The summed E-state index contributed by atoms with van der Waals surface area (Å²) in [5.41, 5.74) is 5.11. The summed E-state index contributed by atoms with van der Waals surface area (Å²) in [7, 11) is 0. The lowest BCUT2D eigenvalue weighted by atomic mass is 10.0. The maximum absolute atomic E-state index is 6.23. The summed E-state index contributed by atoms with van der Waals surface area (Å²) in [6.07, 6.45) is 0. The lowest BCUT2D eigenvalue weighted by Crippen LogP contribution is -1.91. The second-order valence-corrected chi connectivity index (χ2v) is 6.44. The lowest BCUT2D eigenvalue weighted by molar-refractivity contribution is 0.670. The van der Waals surface area contributed by atoms with Crippen LogP contribution >= 0.6 is 0 Å². The number of furan rings is 1. The Morgan fingerprint density at radius 3 is 2.44 bits per heavy atom. The van der Waals surface area contributed by atoms with Crippen molar-refractivity contribution >= 4 is 44.1 Å². The van der Waals surface area contributed by atoms with Crippen molar-refractivity contribution in [2.24, 2.45) is 0 Å². The van der Waals surface area contributed by atoms with Crippen LogP contribution < -0.4 is 5.32 Å². The van der Waals surface area contributed by atoms with E-state index >= 15 is 0 Å². The smallest absolute Gasteiger partial charge is 0.159 e. The van der Waals surface area contributed by atoms with Gasteiger partial charge in [-0.3, -0.25) is 0 Å². The van der Waals surface area contributed by atoms with Crippen LogP contribution in [0.1, 0.15) is 5.56 Å². The molecule has 25 heavy (non-hydrogen) atoms. The molecular weight excluding hydrogens is 306 g/mol. The SMILES string of the molecule is Cc1cccc(Nc2cc3ccccc3c3c2oc2ccccc23)c1. The molecule has 0 amide bonds. The van der Waals surface area contributed by atoms with Gasteiger partial charge in [0.05, 0.1) is 5.69 Å². The Balaban J connectivity index is 1.85. The predicted octanol–water partition coefficient (Wildman–Crippen LogP) is 6.79. The highest BCUT2D eigenvalue weighted by Gasteiger charge is 2.14. The monoisotopic (exact) mass is 323 g/mol. The van der Waals surface area contributed by atoms with Gasteiger partial charge in [0.2, 0.25) is 0 Å². The second kappa shape index (κ2) is 5.38. The largest absolute Gasteiger partial charge is 0.454 e. The van der Waals surface area contributed by atoms with Crippen molar-refractivity contribution in [2.45, 2.75) is 6.92 Å². The third-order valence-corrected chi connectivity index (χ3v) is 4.67. The van der Waals surface area contributed by atoms with E-state index in [2.05, 4.69) is 79.0 Å². The van der Waals surface area contributed by atoms with Gasteiger partial charge in [-0.2, -0.15) is 0 Å². The van der Waals surface area contributed by atoms with Crippen LogP contribution in [-0.2, 0) is 0 Å². The van der Waals surface area contributed by atoms with Crippen molar-refractivity contribution in [2.75, 3.05) is 5.32 Å². The van der Waals surface area contributed by atoms with Gasteiger partial charge in [-0.05, 0) is 47.5 Å². The third kappa shape index (κ3) is 2.26. The molecule has 0 fully saturated rings. The molecule has 120 valence electrons. The Bertz CT molecular complexity index is 1230. The molecule has 0 aliphatic heterocycles. The topological polar surface area (TPSA) is 25.2 Å². The molecule has 1 aromatic heterocycles. The Hall–Kier alpha value is -3.26. The minimum Gasteiger partial charge on any atom is -0.454 e. The predicted molar refractivity (Wildman–Crippen MR) is 106 cm³/mol. The van der Waals surface area contributed by atoms with Crippen molar-refractivity contribution in [1.82, 2.24) is 0 Å². The first-order chi connectivity index (χ1) is 12.3. The summed E-state index contributed by atoms with van der Waals surface area (Å²) >= 11 is 0. The summed E-state index contributed by atoms with van der Waals surface area (Å²) in [6, 6.07) is 27.3. The van der Waals surface area contributed by atoms with E-state index in [1.807, 2.05) is 12.1 Å². The Morgan fingerprint density at radius 2 is 1.56 bits per heavy atom. The van der Waals surface area contributed by atoms with Crippen molar-refractivity contribution in [1.29, 1.82) is 0 Å². The number of anilines is 2. The van der Waals surface area contributed by atoms with Crippen molar-refractivity contribution < 1.29 is 4.42 Å². The van der Waals surface area contributed by atoms with E-state index in [-0.39, 0.29) is 0 Å². The molecule has 2 nitrogen and oxygen atoms in total. The molecule has 0 radical (unpaired) electrons. The van der Waals surface area contributed by atoms with Crippen LogP contribution in [0, 0.1) is 6.92 Å². The van der Waals surface area contributed by atoms with Crippen molar-refractivity contribution in [3.63, 3.8) is 0 Å². The molecule has 0 aliphatic rings. The number of nitrogens with one attached hydrogen (secondary N) is 1. The van der Waals surface area contributed by atoms with Gasteiger partial charge < -0.3 is 9.73 Å². The van der Waals surface area contributed by atoms with Crippen LogP contribution in [0.5, 0.6) is 0 Å². The molecule has 2 heteroatoms. The maximum atomic E-state index is 6.23. The molecule has 4 aromatic carbocycles. The van der Waals surface area contributed by atoms with Crippen molar-refractivity contribution in [3.05, 3.63) is 84.4 Å². The number of hydrogen-bond donors (Lipinski definition) is 1. The highest BCUT2D eigenvalue weighted by molar-refractivity contribution is 6.22. The Morgan fingerprint density at radius 1 is 0.760 bits per heavy atom. The molecule has 5 rings (SSSR count). The van der Waals surface area contributed by atoms with Gasteiger partial charge in [0.1, 0.15) is 5.58 Å². The summed E-state index contributed by atoms with van der Waals surface area (Å²) in [5, 5.41) is 8.30. The number of hydrogen-bond acceptors (Lipinski definition) is 2. The van der Waals surface area contributed by atoms with E-state index in [0.29, 0.717) is 0 Å². The first-order valence-electron chi connectivity index (χ1n) is 8.46. The van der Waals surface area contributed by atoms with Crippen LogP contribution in [0.2, 0.25) is 0 Å². The van der Waals surface area contributed by atoms with Crippen LogP contribution in [0.4, 0.5) is 11.4 Å². The standard InChI is InChI=1S/C23H17NO/c1-15-7-6-9-17(13-15)24-20-14-16-8-2-3-10-18(16)22-19-11-4-5-12-21(19)25-23(20)22/h2-14,24H,1H3. The fourth-order valence-electron chi connectivity index (χ4n) is 3.55. The molecule has 0 atom stereocenters. The summed E-state index contributed by atoms with van der Waals surface area (Å²) in [6.45, 7) is 2.10. The van der Waals surface area contributed by atoms with Gasteiger partial charge >= 0.3 is 0 Å². The van der Waals surface area contributed by atoms with E-state index in [1.54, 1.807) is 0 Å². The summed E-state index contributed by atoms with van der Waals surface area (Å²) in [5.74, 6) is 0. The highest BCUT2D eigenvalue weighted by Crippen LogP contribution is 2.40. The molecule has 0 saturated carbocycles. The summed E-state index contributed by atoms with van der Waals surface area (Å²) in [4.78, 5) is 0. The first kappa shape index (κ1) is 14.1. The average Bonchev–Trinajstić information content (AvgIpc) is 3.02. The number of fused-ring (bicyclic) bond motifs is 5.